The lowest BCUT2D eigenvalue weighted by Gasteiger charge is -2.09. The molecular formula is C11H14BrF2NO2. The molecular weight excluding hydrogens is 296 g/mol. The van der Waals surface area contributed by atoms with Gasteiger partial charge in [-0.1, -0.05) is 6.07 Å². The number of hydrogen-bond acceptors (Lipinski definition) is 3. The van der Waals surface area contributed by atoms with Crippen molar-refractivity contribution >= 4 is 15.9 Å². The number of aliphatic hydroxyl groups excluding tert-OH is 1. The SMILES string of the molecule is OCCCNCc1ccc(OC(F)F)c(Br)c1. The van der Waals surface area contributed by atoms with E-state index in [4.69, 9.17) is 5.11 Å². The third-order valence-corrected chi connectivity index (χ3v) is 2.67. The minimum absolute atomic E-state index is 0.124. The molecule has 1 rings (SSSR count). The van der Waals surface area contributed by atoms with Crippen molar-refractivity contribution in [3.63, 3.8) is 0 Å². The summed E-state index contributed by atoms with van der Waals surface area (Å²) in [4.78, 5) is 0. The smallest absolute Gasteiger partial charge is 0.387 e. The van der Waals surface area contributed by atoms with Crippen LogP contribution in [0.5, 0.6) is 5.75 Å². The molecule has 96 valence electrons. The van der Waals surface area contributed by atoms with Gasteiger partial charge in [-0.05, 0) is 46.6 Å². The zero-order chi connectivity index (χ0) is 12.7. The Bertz CT molecular complexity index is 350. The summed E-state index contributed by atoms with van der Waals surface area (Å²) in [6, 6.07) is 4.94. The Hall–Kier alpha value is -0.720. The van der Waals surface area contributed by atoms with Crippen LogP contribution in [-0.4, -0.2) is 24.9 Å². The number of rotatable bonds is 7. The molecule has 0 aliphatic rings. The van der Waals surface area contributed by atoms with Crippen LogP contribution in [0.25, 0.3) is 0 Å². The Kier molecular flexibility index (Phi) is 6.39. The van der Waals surface area contributed by atoms with Gasteiger partial charge in [0.05, 0.1) is 4.47 Å². The number of hydrogen-bond donors (Lipinski definition) is 2. The summed E-state index contributed by atoms with van der Waals surface area (Å²) in [6.45, 7) is -1.34. The van der Waals surface area contributed by atoms with Crippen molar-refractivity contribution in [2.75, 3.05) is 13.2 Å². The van der Waals surface area contributed by atoms with E-state index in [1.807, 2.05) is 0 Å². The molecule has 0 aliphatic heterocycles. The van der Waals surface area contributed by atoms with Gasteiger partial charge < -0.3 is 15.2 Å². The number of ether oxygens (including phenoxy) is 1. The molecule has 6 heteroatoms. The summed E-state index contributed by atoms with van der Waals surface area (Å²) >= 11 is 3.17. The molecule has 3 nitrogen and oxygen atoms in total. The van der Waals surface area contributed by atoms with Crippen molar-refractivity contribution in [3.05, 3.63) is 28.2 Å². The van der Waals surface area contributed by atoms with Gasteiger partial charge in [0, 0.05) is 13.2 Å². The first-order valence-corrected chi connectivity index (χ1v) is 5.97. The highest BCUT2D eigenvalue weighted by molar-refractivity contribution is 9.10. The van der Waals surface area contributed by atoms with Crippen LogP contribution in [0.2, 0.25) is 0 Å². The maximum atomic E-state index is 12.0. The summed E-state index contributed by atoms with van der Waals surface area (Å²) in [5.41, 5.74) is 0.955. The lowest BCUT2D eigenvalue weighted by Crippen LogP contribution is -2.15. The molecule has 0 amide bonds. The van der Waals surface area contributed by atoms with Crippen LogP contribution in [0.3, 0.4) is 0 Å². The van der Waals surface area contributed by atoms with Crippen molar-refractivity contribution in [1.82, 2.24) is 5.32 Å². The van der Waals surface area contributed by atoms with Gasteiger partial charge in [0.15, 0.2) is 0 Å². The number of alkyl halides is 2. The Morgan fingerprint density at radius 2 is 2.18 bits per heavy atom. The van der Waals surface area contributed by atoms with E-state index in [0.717, 1.165) is 5.56 Å². The van der Waals surface area contributed by atoms with Crippen molar-refractivity contribution < 1.29 is 18.6 Å². The quantitative estimate of drug-likeness (QED) is 0.761. The predicted octanol–water partition coefficient (Wildman–Crippen LogP) is 2.52. The molecule has 0 atom stereocenters. The van der Waals surface area contributed by atoms with E-state index < -0.39 is 6.61 Å². The van der Waals surface area contributed by atoms with Gasteiger partial charge in [0.25, 0.3) is 0 Å². The summed E-state index contributed by atoms with van der Waals surface area (Å²) in [5.74, 6) is 0.124. The highest BCUT2D eigenvalue weighted by Gasteiger charge is 2.08. The fourth-order valence-electron chi connectivity index (χ4n) is 1.28. The Morgan fingerprint density at radius 1 is 1.41 bits per heavy atom. The molecule has 0 aliphatic carbocycles. The molecule has 17 heavy (non-hydrogen) atoms. The number of benzene rings is 1. The number of nitrogens with one attached hydrogen (secondary N) is 1. The van der Waals surface area contributed by atoms with Crippen molar-refractivity contribution in [2.45, 2.75) is 19.6 Å². The second-order valence-electron chi connectivity index (χ2n) is 3.40. The molecule has 1 aromatic carbocycles. The van der Waals surface area contributed by atoms with Gasteiger partial charge in [-0.2, -0.15) is 8.78 Å². The van der Waals surface area contributed by atoms with E-state index in [-0.39, 0.29) is 12.4 Å². The van der Waals surface area contributed by atoms with E-state index >= 15 is 0 Å². The highest BCUT2D eigenvalue weighted by Crippen LogP contribution is 2.27. The van der Waals surface area contributed by atoms with Gasteiger partial charge in [0.1, 0.15) is 5.75 Å². The Balaban J connectivity index is 2.50. The van der Waals surface area contributed by atoms with Crippen LogP contribution in [0.15, 0.2) is 22.7 Å². The monoisotopic (exact) mass is 309 g/mol. The molecule has 0 spiro atoms. The van der Waals surface area contributed by atoms with Crippen LogP contribution < -0.4 is 10.1 Å². The zero-order valence-electron chi connectivity index (χ0n) is 9.13. The molecule has 0 saturated heterocycles. The lowest BCUT2D eigenvalue weighted by atomic mass is 10.2. The normalized spacial score (nSPS) is 10.9. The van der Waals surface area contributed by atoms with E-state index in [2.05, 4.69) is 26.0 Å². The number of aliphatic hydroxyl groups is 1. The van der Waals surface area contributed by atoms with Gasteiger partial charge in [-0.3, -0.25) is 0 Å². The van der Waals surface area contributed by atoms with E-state index in [1.54, 1.807) is 12.1 Å². The molecule has 0 unspecified atom stereocenters. The zero-order valence-corrected chi connectivity index (χ0v) is 10.7. The van der Waals surface area contributed by atoms with Crippen molar-refractivity contribution in [2.24, 2.45) is 0 Å². The molecule has 0 heterocycles. The topological polar surface area (TPSA) is 41.5 Å². The molecule has 2 N–H and O–H groups in total. The van der Waals surface area contributed by atoms with Crippen LogP contribution in [0.4, 0.5) is 8.78 Å². The summed E-state index contributed by atoms with van der Waals surface area (Å²) < 4.78 is 28.8. The number of halogens is 3. The first-order chi connectivity index (χ1) is 8.13. The summed E-state index contributed by atoms with van der Waals surface area (Å²) in [5, 5.41) is 11.7. The van der Waals surface area contributed by atoms with E-state index in [0.29, 0.717) is 24.0 Å². The third kappa shape index (κ3) is 5.43. The van der Waals surface area contributed by atoms with Crippen LogP contribution in [-0.2, 0) is 6.54 Å². The van der Waals surface area contributed by atoms with Gasteiger partial charge in [0.2, 0.25) is 0 Å². The van der Waals surface area contributed by atoms with Gasteiger partial charge >= 0.3 is 6.61 Å². The van der Waals surface area contributed by atoms with Crippen LogP contribution in [0.1, 0.15) is 12.0 Å². The van der Waals surface area contributed by atoms with Crippen LogP contribution in [0, 0.1) is 0 Å². The minimum Gasteiger partial charge on any atom is -0.434 e. The first-order valence-electron chi connectivity index (χ1n) is 5.18. The maximum absolute atomic E-state index is 12.0. The highest BCUT2D eigenvalue weighted by atomic mass is 79.9. The van der Waals surface area contributed by atoms with Gasteiger partial charge in [-0.15, -0.1) is 0 Å². The van der Waals surface area contributed by atoms with Crippen molar-refractivity contribution in [3.8, 4) is 5.75 Å². The second kappa shape index (κ2) is 7.58. The van der Waals surface area contributed by atoms with E-state index in [1.165, 1.54) is 6.07 Å². The fraction of sp³-hybridized carbons (Fsp3) is 0.455. The standard InChI is InChI=1S/C11H14BrF2NO2/c12-9-6-8(7-15-4-1-5-16)2-3-10(9)17-11(13)14/h2-3,6,11,15-16H,1,4-5,7H2. The third-order valence-electron chi connectivity index (χ3n) is 2.05. The van der Waals surface area contributed by atoms with Crippen LogP contribution >= 0.6 is 15.9 Å². The van der Waals surface area contributed by atoms with E-state index in [9.17, 15) is 8.78 Å². The second-order valence-corrected chi connectivity index (χ2v) is 4.25. The molecule has 1 aromatic rings. The average molecular weight is 310 g/mol. The first kappa shape index (κ1) is 14.3. The largest absolute Gasteiger partial charge is 0.434 e. The molecule has 0 saturated carbocycles. The molecule has 0 fully saturated rings. The van der Waals surface area contributed by atoms with Crippen molar-refractivity contribution in [1.29, 1.82) is 0 Å². The summed E-state index contributed by atoms with van der Waals surface area (Å²) in [6.07, 6.45) is 0.688. The Morgan fingerprint density at radius 3 is 2.76 bits per heavy atom. The molecule has 0 aromatic heterocycles. The lowest BCUT2D eigenvalue weighted by molar-refractivity contribution is -0.0503. The maximum Gasteiger partial charge on any atom is 0.387 e. The molecule has 0 bridgehead atoms. The molecule has 0 radical (unpaired) electrons. The Labute approximate surface area is 107 Å². The predicted molar refractivity (Wildman–Crippen MR) is 64.2 cm³/mol. The summed E-state index contributed by atoms with van der Waals surface area (Å²) in [7, 11) is 0. The average Bonchev–Trinajstić information content (AvgIpc) is 2.27. The minimum atomic E-state index is -2.82. The van der Waals surface area contributed by atoms with Gasteiger partial charge in [-0.25, -0.2) is 0 Å². The fourth-order valence-corrected chi connectivity index (χ4v) is 1.80.